The number of hydrogen-bond acceptors (Lipinski definition) is 7. The van der Waals surface area contributed by atoms with Gasteiger partial charge < -0.3 is 21.5 Å². The minimum Gasteiger partial charge on any atom is -0.427 e. The van der Waals surface area contributed by atoms with Crippen molar-refractivity contribution in [2.75, 3.05) is 33.3 Å². The summed E-state index contributed by atoms with van der Waals surface area (Å²) in [6.07, 6.45) is 1.49. The molecule has 21 heavy (non-hydrogen) atoms. The first-order valence-electron chi connectivity index (χ1n) is 6.96. The van der Waals surface area contributed by atoms with Crippen LogP contribution in [-0.2, 0) is 15.0 Å². The predicted molar refractivity (Wildman–Crippen MR) is 79.0 cm³/mol. The predicted octanol–water partition coefficient (Wildman–Crippen LogP) is -2.43. The van der Waals surface area contributed by atoms with Crippen LogP contribution in [0.2, 0.25) is 6.32 Å². The van der Waals surface area contributed by atoms with Crippen molar-refractivity contribution < 1.29 is 23.3 Å². The number of nitrogens with zero attached hydrogens (tertiary/aromatic N) is 2. The van der Waals surface area contributed by atoms with Crippen LogP contribution in [0.1, 0.15) is 12.8 Å². The third-order valence-corrected chi connectivity index (χ3v) is 5.39. The van der Waals surface area contributed by atoms with Gasteiger partial charge in [0.25, 0.3) is 0 Å². The Morgan fingerprint density at radius 2 is 2.10 bits per heavy atom. The molecule has 0 bridgehead atoms. The second kappa shape index (κ2) is 8.39. The highest BCUT2D eigenvalue weighted by Gasteiger charge is 2.39. The molecule has 0 aliphatic carbocycles. The molecule has 1 saturated heterocycles. The molecule has 1 heterocycles. The van der Waals surface area contributed by atoms with Gasteiger partial charge in [-0.2, -0.15) is 12.7 Å². The van der Waals surface area contributed by atoms with E-state index in [9.17, 15) is 8.42 Å². The van der Waals surface area contributed by atoms with Crippen molar-refractivity contribution in [1.82, 2.24) is 8.77 Å². The highest BCUT2D eigenvalue weighted by molar-refractivity contribution is 7.86. The normalized spacial score (nSPS) is 23.9. The van der Waals surface area contributed by atoms with Crippen LogP contribution in [0.15, 0.2) is 0 Å². The molecule has 0 amide bonds. The average Bonchev–Trinajstić information content (AvgIpc) is 2.77. The first kappa shape index (κ1) is 18.8. The molecular formula is C10H25BN4O5S. The van der Waals surface area contributed by atoms with E-state index in [1.807, 2.05) is 0 Å². The Bertz CT molecular complexity index is 410. The monoisotopic (exact) mass is 324 g/mol. The van der Waals surface area contributed by atoms with Gasteiger partial charge in [-0.05, 0) is 18.7 Å². The van der Waals surface area contributed by atoms with Gasteiger partial charge in [-0.1, -0.05) is 10.9 Å². The Morgan fingerprint density at radius 1 is 1.43 bits per heavy atom. The summed E-state index contributed by atoms with van der Waals surface area (Å²) in [5.74, 6) is -0.00453. The first-order valence-corrected chi connectivity index (χ1v) is 8.36. The molecule has 1 aliphatic rings. The Hall–Kier alpha value is -0.265. The van der Waals surface area contributed by atoms with Gasteiger partial charge in [-0.25, -0.2) is 0 Å². The lowest BCUT2D eigenvalue weighted by Gasteiger charge is -2.24. The summed E-state index contributed by atoms with van der Waals surface area (Å²) in [5, 5.41) is 17.6. The Labute approximate surface area is 126 Å². The van der Waals surface area contributed by atoms with E-state index in [0.717, 1.165) is 4.47 Å². The quantitative estimate of drug-likeness (QED) is 0.273. The van der Waals surface area contributed by atoms with Gasteiger partial charge in [-0.15, -0.1) is 0 Å². The van der Waals surface area contributed by atoms with Gasteiger partial charge in [0.05, 0.1) is 13.7 Å². The average molecular weight is 324 g/mol. The molecule has 11 heteroatoms. The Morgan fingerprint density at radius 3 is 2.62 bits per heavy atom. The standard InChI is InChI=1S/C10H25BN4O5S/c1-20-15(6-5-12)21(18,19)14-7-9(10(13)8-14)3-2-4-11(16)17/h9-10,16-17H,2-8,12-13H2,1H3/t9-,10-/m0/s1. The number of nitrogens with two attached hydrogens (primary N) is 2. The van der Waals surface area contributed by atoms with Crippen LogP contribution < -0.4 is 11.5 Å². The molecule has 1 fully saturated rings. The highest BCUT2D eigenvalue weighted by atomic mass is 32.2. The molecule has 0 aromatic rings. The van der Waals surface area contributed by atoms with Crippen molar-refractivity contribution in [3.63, 3.8) is 0 Å². The van der Waals surface area contributed by atoms with E-state index in [4.69, 9.17) is 26.4 Å². The zero-order chi connectivity index (χ0) is 16.0. The molecule has 0 aromatic carbocycles. The fourth-order valence-electron chi connectivity index (χ4n) is 2.45. The molecule has 1 rings (SSSR count). The SMILES string of the molecule is CON(CCN)S(=O)(=O)N1C[C@H](CCCB(O)O)[C@@H](N)C1. The fraction of sp³-hybridized carbons (Fsp3) is 1.00. The number of hydrogen-bond donors (Lipinski definition) is 4. The van der Waals surface area contributed by atoms with Gasteiger partial charge in [0, 0.05) is 25.7 Å². The fourth-order valence-corrected chi connectivity index (χ4v) is 3.97. The summed E-state index contributed by atoms with van der Waals surface area (Å²) in [6.45, 7) is 0.755. The van der Waals surface area contributed by atoms with Crippen LogP contribution in [0.3, 0.4) is 0 Å². The summed E-state index contributed by atoms with van der Waals surface area (Å²) in [5.41, 5.74) is 11.4. The van der Waals surface area contributed by atoms with Gasteiger partial charge >= 0.3 is 17.3 Å². The van der Waals surface area contributed by atoms with E-state index in [0.29, 0.717) is 19.4 Å². The minimum atomic E-state index is -3.73. The van der Waals surface area contributed by atoms with Crippen LogP contribution in [0.25, 0.3) is 0 Å². The summed E-state index contributed by atoms with van der Waals surface area (Å²) in [7, 11) is -3.79. The van der Waals surface area contributed by atoms with Crippen molar-refractivity contribution in [1.29, 1.82) is 0 Å². The third kappa shape index (κ3) is 5.14. The largest absolute Gasteiger partial charge is 0.451 e. The van der Waals surface area contributed by atoms with Crippen LogP contribution in [0.5, 0.6) is 0 Å². The molecule has 2 atom stereocenters. The summed E-state index contributed by atoms with van der Waals surface area (Å²) >= 11 is 0. The Balaban J connectivity index is 2.61. The van der Waals surface area contributed by atoms with E-state index in [-0.39, 0.29) is 37.9 Å². The third-order valence-electron chi connectivity index (χ3n) is 3.59. The zero-order valence-electron chi connectivity index (χ0n) is 12.3. The van der Waals surface area contributed by atoms with Gasteiger partial charge in [0.15, 0.2) is 0 Å². The smallest absolute Gasteiger partial charge is 0.427 e. The van der Waals surface area contributed by atoms with Gasteiger partial charge in [-0.3, -0.25) is 4.84 Å². The van der Waals surface area contributed by atoms with E-state index in [1.54, 1.807) is 0 Å². The van der Waals surface area contributed by atoms with Crippen LogP contribution >= 0.6 is 0 Å². The molecule has 0 aromatic heterocycles. The Kier molecular flexibility index (Phi) is 7.50. The minimum absolute atomic E-state index is 0.00453. The second-order valence-corrected chi connectivity index (χ2v) is 6.98. The van der Waals surface area contributed by atoms with Crippen molar-refractivity contribution in [3.05, 3.63) is 0 Å². The molecule has 0 unspecified atom stereocenters. The number of rotatable bonds is 9. The number of hydroxylamine groups is 1. The van der Waals surface area contributed by atoms with Gasteiger partial charge in [0.1, 0.15) is 0 Å². The first-order chi connectivity index (χ1) is 9.82. The van der Waals surface area contributed by atoms with Crippen molar-refractivity contribution in [2.45, 2.75) is 25.2 Å². The molecule has 1 aliphatic heterocycles. The van der Waals surface area contributed by atoms with E-state index in [1.165, 1.54) is 11.4 Å². The molecule has 124 valence electrons. The summed E-state index contributed by atoms with van der Waals surface area (Å²) in [4.78, 5) is 4.87. The topological polar surface area (TPSA) is 142 Å². The van der Waals surface area contributed by atoms with E-state index < -0.39 is 17.3 Å². The van der Waals surface area contributed by atoms with Crippen LogP contribution in [-0.4, -0.2) is 73.7 Å². The second-order valence-electron chi connectivity index (χ2n) is 5.16. The van der Waals surface area contributed by atoms with E-state index >= 15 is 0 Å². The van der Waals surface area contributed by atoms with E-state index in [2.05, 4.69) is 0 Å². The molecule has 0 saturated carbocycles. The molecular weight excluding hydrogens is 299 g/mol. The van der Waals surface area contributed by atoms with Crippen LogP contribution in [0, 0.1) is 5.92 Å². The van der Waals surface area contributed by atoms with Gasteiger partial charge in [0.2, 0.25) is 0 Å². The molecule has 9 nitrogen and oxygen atoms in total. The maximum Gasteiger partial charge on any atom is 0.451 e. The zero-order valence-corrected chi connectivity index (χ0v) is 13.1. The lowest BCUT2D eigenvalue weighted by atomic mass is 9.82. The maximum atomic E-state index is 12.4. The molecule has 0 spiro atoms. The highest BCUT2D eigenvalue weighted by Crippen LogP contribution is 2.25. The lowest BCUT2D eigenvalue weighted by molar-refractivity contribution is -0.0509. The van der Waals surface area contributed by atoms with Crippen LogP contribution in [0.4, 0.5) is 0 Å². The van der Waals surface area contributed by atoms with Crippen molar-refractivity contribution >= 4 is 17.3 Å². The summed E-state index contributed by atoms with van der Waals surface area (Å²) < 4.78 is 26.9. The molecule has 0 radical (unpaired) electrons. The summed E-state index contributed by atoms with van der Waals surface area (Å²) in [6, 6.07) is -0.271. The maximum absolute atomic E-state index is 12.4. The van der Waals surface area contributed by atoms with Crippen molar-refractivity contribution in [3.8, 4) is 0 Å². The van der Waals surface area contributed by atoms with Crippen molar-refractivity contribution in [2.24, 2.45) is 17.4 Å². The lowest BCUT2D eigenvalue weighted by Crippen LogP contribution is -2.44. The molecule has 6 N–H and O–H groups in total.